The lowest BCUT2D eigenvalue weighted by molar-refractivity contribution is 0.412. The second kappa shape index (κ2) is 4.18. The summed E-state index contributed by atoms with van der Waals surface area (Å²) in [5, 5.41) is 0. The summed E-state index contributed by atoms with van der Waals surface area (Å²) in [6.07, 6.45) is 0. The monoisotopic (exact) mass is 224 g/mol. The number of hydrogen-bond donors (Lipinski definition) is 0. The zero-order chi connectivity index (χ0) is 8.97. The minimum absolute atomic E-state index is 0.815. The summed E-state index contributed by atoms with van der Waals surface area (Å²) >= 11 is 3.41. The van der Waals surface area contributed by atoms with Crippen molar-refractivity contribution >= 4 is 15.9 Å². The van der Waals surface area contributed by atoms with Crippen LogP contribution >= 0.6 is 15.9 Å². The lowest BCUT2D eigenvalue weighted by atomic mass is 10.2. The molecule has 1 aromatic rings. The lowest BCUT2D eigenvalue weighted by Gasteiger charge is -2.03. The molecule has 0 radical (unpaired) electrons. The van der Waals surface area contributed by atoms with Gasteiger partial charge in [-0.15, -0.1) is 5.92 Å². The Morgan fingerprint density at radius 3 is 2.75 bits per heavy atom. The fourth-order valence-corrected chi connectivity index (χ4v) is 1.42. The molecule has 0 aliphatic carbocycles. The molecule has 1 rings (SSSR count). The Labute approximate surface area is 80.9 Å². The highest BCUT2D eigenvalue weighted by molar-refractivity contribution is 9.10. The molecular formula is C10H9BrO. The molecule has 0 bridgehead atoms. The van der Waals surface area contributed by atoms with Crippen LogP contribution in [0.25, 0.3) is 0 Å². The Morgan fingerprint density at radius 1 is 1.42 bits per heavy atom. The second-order valence-electron chi connectivity index (χ2n) is 2.20. The number of halogens is 1. The van der Waals surface area contributed by atoms with Gasteiger partial charge in [0.1, 0.15) is 5.75 Å². The minimum Gasteiger partial charge on any atom is -0.496 e. The molecule has 0 aromatic heterocycles. The van der Waals surface area contributed by atoms with E-state index in [1.54, 1.807) is 7.11 Å². The second-order valence-corrected chi connectivity index (χ2v) is 2.99. The topological polar surface area (TPSA) is 9.23 Å². The third-order valence-electron chi connectivity index (χ3n) is 1.44. The first-order valence-corrected chi connectivity index (χ1v) is 4.34. The van der Waals surface area contributed by atoms with Crippen LogP contribution in [0.1, 0.15) is 12.5 Å². The van der Waals surface area contributed by atoms with Gasteiger partial charge in [0.25, 0.3) is 0 Å². The largest absolute Gasteiger partial charge is 0.496 e. The van der Waals surface area contributed by atoms with E-state index in [1.807, 2.05) is 25.1 Å². The normalized spacial score (nSPS) is 8.58. The van der Waals surface area contributed by atoms with E-state index in [9.17, 15) is 0 Å². The molecule has 1 aromatic carbocycles. The molecule has 12 heavy (non-hydrogen) atoms. The Morgan fingerprint density at radius 2 is 2.17 bits per heavy atom. The molecule has 0 aliphatic rings. The first-order valence-electron chi connectivity index (χ1n) is 3.55. The predicted octanol–water partition coefficient (Wildman–Crippen LogP) is 2.83. The zero-order valence-corrected chi connectivity index (χ0v) is 8.60. The zero-order valence-electron chi connectivity index (χ0n) is 7.02. The summed E-state index contributed by atoms with van der Waals surface area (Å²) in [7, 11) is 1.64. The maximum Gasteiger partial charge on any atom is 0.134 e. The highest BCUT2D eigenvalue weighted by Gasteiger charge is 2.01. The number of hydrogen-bond acceptors (Lipinski definition) is 1. The van der Waals surface area contributed by atoms with Crippen molar-refractivity contribution in [2.45, 2.75) is 6.92 Å². The van der Waals surface area contributed by atoms with Crippen LogP contribution < -0.4 is 4.74 Å². The molecule has 0 amide bonds. The van der Waals surface area contributed by atoms with Gasteiger partial charge in [0, 0.05) is 5.56 Å². The van der Waals surface area contributed by atoms with E-state index >= 15 is 0 Å². The van der Waals surface area contributed by atoms with Gasteiger partial charge in [0.05, 0.1) is 11.6 Å². The average molecular weight is 225 g/mol. The Hall–Kier alpha value is -0.940. The van der Waals surface area contributed by atoms with E-state index in [0.29, 0.717) is 0 Å². The molecular weight excluding hydrogens is 216 g/mol. The van der Waals surface area contributed by atoms with Crippen LogP contribution in [0.3, 0.4) is 0 Å². The standard InChI is InChI=1S/C10H9BrO/c1-3-5-8-6-4-7-9(12-2)10(8)11/h4,6-7H,1-2H3. The minimum atomic E-state index is 0.815. The molecule has 62 valence electrons. The highest BCUT2D eigenvalue weighted by atomic mass is 79.9. The van der Waals surface area contributed by atoms with Crippen molar-refractivity contribution in [3.05, 3.63) is 28.2 Å². The SMILES string of the molecule is CC#Cc1cccc(OC)c1Br. The van der Waals surface area contributed by atoms with Crippen molar-refractivity contribution in [1.29, 1.82) is 0 Å². The Kier molecular flexibility index (Phi) is 3.19. The van der Waals surface area contributed by atoms with Crippen LogP contribution in [0.4, 0.5) is 0 Å². The van der Waals surface area contributed by atoms with Crippen LogP contribution in [-0.4, -0.2) is 7.11 Å². The Bertz CT molecular complexity index is 333. The van der Waals surface area contributed by atoms with Crippen molar-refractivity contribution < 1.29 is 4.74 Å². The van der Waals surface area contributed by atoms with Crippen molar-refractivity contribution in [3.63, 3.8) is 0 Å². The molecule has 0 atom stereocenters. The Balaban J connectivity index is 3.19. The van der Waals surface area contributed by atoms with Gasteiger partial charge < -0.3 is 4.74 Å². The fraction of sp³-hybridized carbons (Fsp3) is 0.200. The van der Waals surface area contributed by atoms with Crippen LogP contribution in [0.5, 0.6) is 5.75 Å². The summed E-state index contributed by atoms with van der Waals surface area (Å²) in [4.78, 5) is 0. The van der Waals surface area contributed by atoms with Crippen LogP contribution in [0, 0.1) is 11.8 Å². The summed E-state index contributed by atoms with van der Waals surface area (Å²) in [6, 6.07) is 5.76. The predicted molar refractivity (Wildman–Crippen MR) is 53.2 cm³/mol. The van der Waals surface area contributed by atoms with E-state index in [0.717, 1.165) is 15.8 Å². The molecule has 0 saturated carbocycles. The van der Waals surface area contributed by atoms with E-state index in [2.05, 4.69) is 27.8 Å². The summed E-state index contributed by atoms with van der Waals surface area (Å²) < 4.78 is 6.04. The van der Waals surface area contributed by atoms with Crippen molar-refractivity contribution in [2.24, 2.45) is 0 Å². The molecule has 0 N–H and O–H groups in total. The molecule has 0 aliphatic heterocycles. The quantitative estimate of drug-likeness (QED) is 0.667. The molecule has 1 nitrogen and oxygen atoms in total. The molecule has 0 fully saturated rings. The lowest BCUT2D eigenvalue weighted by Crippen LogP contribution is -1.86. The smallest absolute Gasteiger partial charge is 0.134 e. The fourth-order valence-electron chi connectivity index (χ4n) is 0.900. The van der Waals surface area contributed by atoms with E-state index in [4.69, 9.17) is 4.74 Å². The molecule has 2 heteroatoms. The number of rotatable bonds is 1. The number of methoxy groups -OCH3 is 1. The summed E-state index contributed by atoms with van der Waals surface area (Å²) in [6.45, 7) is 1.81. The maximum absolute atomic E-state index is 5.12. The van der Waals surface area contributed by atoms with Gasteiger partial charge in [0.15, 0.2) is 0 Å². The van der Waals surface area contributed by atoms with Gasteiger partial charge >= 0.3 is 0 Å². The van der Waals surface area contributed by atoms with Gasteiger partial charge in [-0.2, -0.15) is 0 Å². The number of benzene rings is 1. The molecule has 0 unspecified atom stereocenters. The van der Waals surface area contributed by atoms with Gasteiger partial charge in [0.2, 0.25) is 0 Å². The maximum atomic E-state index is 5.12. The summed E-state index contributed by atoms with van der Waals surface area (Å²) in [5.74, 6) is 6.63. The van der Waals surface area contributed by atoms with Crippen LogP contribution in [0.2, 0.25) is 0 Å². The van der Waals surface area contributed by atoms with Crippen LogP contribution in [0.15, 0.2) is 22.7 Å². The van der Waals surface area contributed by atoms with Crippen molar-refractivity contribution in [2.75, 3.05) is 7.11 Å². The first-order chi connectivity index (χ1) is 5.79. The molecule has 0 spiro atoms. The third kappa shape index (κ3) is 1.80. The van der Waals surface area contributed by atoms with Crippen molar-refractivity contribution in [1.82, 2.24) is 0 Å². The van der Waals surface area contributed by atoms with E-state index in [1.165, 1.54) is 0 Å². The van der Waals surface area contributed by atoms with E-state index in [-0.39, 0.29) is 0 Å². The van der Waals surface area contributed by atoms with Gasteiger partial charge in [-0.3, -0.25) is 0 Å². The molecule has 0 heterocycles. The third-order valence-corrected chi connectivity index (χ3v) is 2.26. The van der Waals surface area contributed by atoms with Gasteiger partial charge in [-0.05, 0) is 35.0 Å². The van der Waals surface area contributed by atoms with E-state index < -0.39 is 0 Å². The molecule has 0 saturated heterocycles. The van der Waals surface area contributed by atoms with Crippen LogP contribution in [-0.2, 0) is 0 Å². The average Bonchev–Trinajstić information content (AvgIpc) is 2.09. The van der Waals surface area contributed by atoms with Gasteiger partial charge in [-0.25, -0.2) is 0 Å². The van der Waals surface area contributed by atoms with Crippen molar-refractivity contribution in [3.8, 4) is 17.6 Å². The first kappa shape index (κ1) is 9.15. The number of ether oxygens (including phenoxy) is 1. The van der Waals surface area contributed by atoms with Gasteiger partial charge in [-0.1, -0.05) is 12.0 Å². The highest BCUT2D eigenvalue weighted by Crippen LogP contribution is 2.27. The summed E-state index contributed by atoms with van der Waals surface area (Å²) in [5.41, 5.74) is 0.955.